The quantitative estimate of drug-likeness (QED) is 0.896. The number of rotatable bonds is 5. The Bertz CT molecular complexity index is 603. The highest BCUT2D eigenvalue weighted by Gasteiger charge is 2.31. The number of aryl methyl sites for hydroxylation is 3. The average molecular weight is 289 g/mol. The van der Waals surface area contributed by atoms with Gasteiger partial charge in [0.1, 0.15) is 6.10 Å². The van der Waals surface area contributed by atoms with Gasteiger partial charge in [-0.3, -0.25) is 4.68 Å². The van der Waals surface area contributed by atoms with Crippen LogP contribution in [-0.2, 0) is 25.3 Å². The van der Waals surface area contributed by atoms with Gasteiger partial charge in [0.2, 0.25) is 0 Å². The number of hydrogen-bond acceptors (Lipinski definition) is 4. The topological polar surface area (TPSA) is 56.9 Å². The summed E-state index contributed by atoms with van der Waals surface area (Å²) in [6, 6.07) is 0.362. The molecule has 2 aromatic rings. The van der Waals surface area contributed by atoms with Crippen molar-refractivity contribution in [2.75, 3.05) is 13.2 Å². The van der Waals surface area contributed by atoms with Crippen molar-refractivity contribution in [3.05, 3.63) is 35.7 Å². The minimum absolute atomic E-state index is 0.116. The van der Waals surface area contributed by atoms with E-state index in [9.17, 15) is 0 Å². The summed E-state index contributed by atoms with van der Waals surface area (Å²) in [4.78, 5) is 4.15. The first-order chi connectivity index (χ1) is 10.1. The van der Waals surface area contributed by atoms with Crippen molar-refractivity contribution in [2.24, 2.45) is 14.1 Å². The third-order valence-corrected chi connectivity index (χ3v) is 4.15. The van der Waals surface area contributed by atoms with Gasteiger partial charge in [-0.25, -0.2) is 4.98 Å². The standard InChI is InChI=1S/C15H23N5O/c1-11-13(9-20(3)18-11)15-14(5-7-21-15)17-6-4-12-8-16-10-19(12)2/h8-10,14-15,17H,4-7H2,1-3H3/t14-,15+/m0/s1. The van der Waals surface area contributed by atoms with Crippen molar-refractivity contribution >= 4 is 0 Å². The maximum atomic E-state index is 5.92. The maximum Gasteiger partial charge on any atom is 0.101 e. The Labute approximate surface area is 125 Å². The Morgan fingerprint density at radius 1 is 1.43 bits per heavy atom. The summed E-state index contributed by atoms with van der Waals surface area (Å²) >= 11 is 0. The van der Waals surface area contributed by atoms with Crippen LogP contribution in [0.1, 0.15) is 29.5 Å². The van der Waals surface area contributed by atoms with Crippen LogP contribution in [0.5, 0.6) is 0 Å². The highest BCUT2D eigenvalue weighted by molar-refractivity contribution is 5.21. The van der Waals surface area contributed by atoms with Gasteiger partial charge in [-0.1, -0.05) is 0 Å². The molecule has 0 saturated carbocycles. The van der Waals surface area contributed by atoms with Gasteiger partial charge in [0.15, 0.2) is 0 Å². The molecule has 0 radical (unpaired) electrons. The third kappa shape index (κ3) is 3.01. The highest BCUT2D eigenvalue weighted by Crippen LogP contribution is 2.30. The van der Waals surface area contributed by atoms with E-state index in [1.165, 1.54) is 11.3 Å². The van der Waals surface area contributed by atoms with Crippen molar-refractivity contribution < 1.29 is 4.74 Å². The van der Waals surface area contributed by atoms with Gasteiger partial charge in [0, 0.05) is 63.4 Å². The van der Waals surface area contributed by atoms with E-state index in [1.54, 1.807) is 0 Å². The zero-order valence-corrected chi connectivity index (χ0v) is 12.9. The van der Waals surface area contributed by atoms with Crippen LogP contribution in [-0.4, -0.2) is 38.5 Å². The summed E-state index contributed by atoms with van der Waals surface area (Å²) in [5.41, 5.74) is 3.51. The molecule has 2 aromatic heterocycles. The number of nitrogens with one attached hydrogen (secondary N) is 1. The molecule has 1 N–H and O–H groups in total. The monoisotopic (exact) mass is 289 g/mol. The van der Waals surface area contributed by atoms with E-state index in [0.717, 1.165) is 31.7 Å². The molecule has 1 aliphatic heterocycles. The first-order valence-electron chi connectivity index (χ1n) is 7.45. The first-order valence-corrected chi connectivity index (χ1v) is 7.45. The number of nitrogens with zero attached hydrogens (tertiary/aromatic N) is 4. The zero-order chi connectivity index (χ0) is 14.8. The molecule has 0 aromatic carbocycles. The molecular weight excluding hydrogens is 266 g/mol. The van der Waals surface area contributed by atoms with Gasteiger partial charge in [0.05, 0.1) is 12.0 Å². The molecule has 2 atom stereocenters. The van der Waals surface area contributed by atoms with Crippen LogP contribution in [0, 0.1) is 6.92 Å². The average Bonchev–Trinajstić information content (AvgIpc) is 3.12. The van der Waals surface area contributed by atoms with E-state index in [1.807, 2.05) is 38.2 Å². The highest BCUT2D eigenvalue weighted by atomic mass is 16.5. The second kappa shape index (κ2) is 5.99. The van der Waals surface area contributed by atoms with Gasteiger partial charge in [-0.05, 0) is 13.3 Å². The lowest BCUT2D eigenvalue weighted by atomic mass is 10.0. The Balaban J connectivity index is 1.60. The summed E-state index contributed by atoms with van der Waals surface area (Å²) in [5.74, 6) is 0. The largest absolute Gasteiger partial charge is 0.372 e. The number of hydrogen-bond donors (Lipinski definition) is 1. The van der Waals surface area contributed by atoms with E-state index < -0.39 is 0 Å². The number of ether oxygens (including phenoxy) is 1. The zero-order valence-electron chi connectivity index (χ0n) is 12.9. The smallest absolute Gasteiger partial charge is 0.101 e. The van der Waals surface area contributed by atoms with Crippen LogP contribution in [0.3, 0.4) is 0 Å². The fourth-order valence-corrected chi connectivity index (χ4v) is 3.01. The van der Waals surface area contributed by atoms with Crippen molar-refractivity contribution in [1.29, 1.82) is 0 Å². The van der Waals surface area contributed by atoms with Crippen molar-refractivity contribution in [3.63, 3.8) is 0 Å². The molecule has 6 heteroatoms. The van der Waals surface area contributed by atoms with E-state index in [0.29, 0.717) is 6.04 Å². The first kappa shape index (κ1) is 14.3. The molecule has 3 rings (SSSR count). The molecule has 21 heavy (non-hydrogen) atoms. The molecule has 114 valence electrons. The van der Waals surface area contributed by atoms with E-state index >= 15 is 0 Å². The lowest BCUT2D eigenvalue weighted by molar-refractivity contribution is 0.0983. The molecule has 1 saturated heterocycles. The molecule has 0 aliphatic carbocycles. The summed E-state index contributed by atoms with van der Waals surface area (Å²) in [5, 5.41) is 8.05. The van der Waals surface area contributed by atoms with Crippen molar-refractivity contribution in [3.8, 4) is 0 Å². The van der Waals surface area contributed by atoms with Crippen LogP contribution >= 0.6 is 0 Å². The van der Waals surface area contributed by atoms with Gasteiger partial charge < -0.3 is 14.6 Å². The van der Waals surface area contributed by atoms with Crippen molar-refractivity contribution in [2.45, 2.75) is 31.9 Å². The van der Waals surface area contributed by atoms with Crippen LogP contribution in [0.2, 0.25) is 0 Å². The Kier molecular flexibility index (Phi) is 4.07. The lowest BCUT2D eigenvalue weighted by Gasteiger charge is -2.19. The van der Waals surface area contributed by atoms with E-state index in [-0.39, 0.29) is 6.10 Å². The molecule has 0 amide bonds. The van der Waals surface area contributed by atoms with E-state index in [4.69, 9.17) is 4.74 Å². The van der Waals surface area contributed by atoms with Gasteiger partial charge >= 0.3 is 0 Å². The van der Waals surface area contributed by atoms with Gasteiger partial charge in [-0.2, -0.15) is 5.10 Å². The Hall–Kier alpha value is -1.66. The van der Waals surface area contributed by atoms with Crippen LogP contribution in [0.4, 0.5) is 0 Å². The minimum Gasteiger partial charge on any atom is -0.372 e. The molecule has 0 unspecified atom stereocenters. The molecule has 1 fully saturated rings. The minimum atomic E-state index is 0.116. The third-order valence-electron chi connectivity index (χ3n) is 4.15. The fourth-order valence-electron chi connectivity index (χ4n) is 3.01. The predicted octanol–water partition coefficient (Wildman–Crippen LogP) is 1.12. The molecule has 0 spiro atoms. The second-order valence-corrected chi connectivity index (χ2v) is 5.73. The SMILES string of the molecule is Cc1nn(C)cc1[C@H]1OCC[C@@H]1NCCc1cncn1C. The molecule has 1 aliphatic rings. The second-order valence-electron chi connectivity index (χ2n) is 5.73. The predicted molar refractivity (Wildman–Crippen MR) is 80.0 cm³/mol. The van der Waals surface area contributed by atoms with Crippen molar-refractivity contribution in [1.82, 2.24) is 24.6 Å². The lowest BCUT2D eigenvalue weighted by Crippen LogP contribution is -2.33. The molecule has 0 bridgehead atoms. The Morgan fingerprint density at radius 3 is 2.95 bits per heavy atom. The van der Waals surface area contributed by atoms with E-state index in [2.05, 4.69) is 26.2 Å². The summed E-state index contributed by atoms with van der Waals surface area (Å²) < 4.78 is 9.85. The summed E-state index contributed by atoms with van der Waals surface area (Å²) in [6.07, 6.45) is 7.98. The normalized spacial score (nSPS) is 22.0. The fraction of sp³-hybridized carbons (Fsp3) is 0.600. The van der Waals surface area contributed by atoms with Gasteiger partial charge in [0.25, 0.3) is 0 Å². The van der Waals surface area contributed by atoms with Crippen LogP contribution in [0.25, 0.3) is 0 Å². The maximum absolute atomic E-state index is 5.92. The number of imidazole rings is 1. The molecular formula is C15H23N5O. The van der Waals surface area contributed by atoms with Crippen LogP contribution in [0.15, 0.2) is 18.7 Å². The van der Waals surface area contributed by atoms with Crippen LogP contribution < -0.4 is 5.32 Å². The molecule has 3 heterocycles. The Morgan fingerprint density at radius 2 is 2.29 bits per heavy atom. The molecule has 6 nitrogen and oxygen atoms in total. The van der Waals surface area contributed by atoms with Gasteiger partial charge in [-0.15, -0.1) is 0 Å². The summed E-state index contributed by atoms with van der Waals surface area (Å²) in [6.45, 7) is 3.79. The summed E-state index contributed by atoms with van der Waals surface area (Å²) in [7, 11) is 3.99. The number of aromatic nitrogens is 4.